The van der Waals surface area contributed by atoms with E-state index in [1.165, 1.54) is 6.07 Å². The Labute approximate surface area is 80.5 Å². The molecule has 0 saturated heterocycles. The first-order chi connectivity index (χ1) is 6.16. The second-order valence-electron chi connectivity index (χ2n) is 2.55. The predicted molar refractivity (Wildman–Crippen MR) is 50.9 cm³/mol. The molecule has 0 aliphatic heterocycles. The van der Waals surface area contributed by atoms with Gasteiger partial charge >= 0.3 is 0 Å². The molecule has 5 heteroatoms. The molecule has 0 atom stereocenters. The number of nitro groups is 1. The van der Waals surface area contributed by atoms with Gasteiger partial charge in [0.05, 0.1) is 4.92 Å². The Bertz CT molecular complexity index is 328. The highest BCUT2D eigenvalue weighted by molar-refractivity contribution is 6.33. The van der Waals surface area contributed by atoms with Gasteiger partial charge in [-0.15, -0.1) is 0 Å². The van der Waals surface area contributed by atoms with Gasteiger partial charge in [0.15, 0.2) is 0 Å². The molecule has 0 radical (unpaired) electrons. The molecule has 0 bridgehead atoms. The Hall–Kier alpha value is -1.13. The first kappa shape index (κ1) is 9.95. The minimum absolute atomic E-state index is 0.0624. The quantitative estimate of drug-likeness (QED) is 0.597. The van der Waals surface area contributed by atoms with Crippen molar-refractivity contribution in [2.24, 2.45) is 5.73 Å². The Kier molecular flexibility index (Phi) is 3.22. The molecule has 1 rings (SSSR count). The maximum Gasteiger partial charge on any atom is 0.288 e. The Morgan fingerprint density at radius 2 is 2.23 bits per heavy atom. The summed E-state index contributed by atoms with van der Waals surface area (Å²) in [6, 6.07) is 4.72. The van der Waals surface area contributed by atoms with Crippen LogP contribution in [0.15, 0.2) is 18.2 Å². The number of nitro benzene ring substituents is 1. The molecule has 0 spiro atoms. The third-order valence-corrected chi connectivity index (χ3v) is 2.11. The summed E-state index contributed by atoms with van der Waals surface area (Å²) >= 11 is 5.79. The van der Waals surface area contributed by atoms with Crippen LogP contribution in [0.2, 0.25) is 5.02 Å². The number of halogens is 1. The van der Waals surface area contributed by atoms with Gasteiger partial charge in [-0.2, -0.15) is 0 Å². The Morgan fingerprint density at radius 3 is 2.77 bits per heavy atom. The molecule has 4 nitrogen and oxygen atoms in total. The van der Waals surface area contributed by atoms with Crippen molar-refractivity contribution < 1.29 is 4.92 Å². The van der Waals surface area contributed by atoms with Crippen molar-refractivity contribution in [3.8, 4) is 0 Å². The molecule has 0 aliphatic carbocycles. The van der Waals surface area contributed by atoms with E-state index >= 15 is 0 Å². The normalized spacial score (nSPS) is 10.0. The van der Waals surface area contributed by atoms with Gasteiger partial charge in [-0.25, -0.2) is 0 Å². The lowest BCUT2D eigenvalue weighted by Crippen LogP contribution is -2.03. The SMILES string of the molecule is NCCc1cccc([N+](=O)[O-])c1Cl. The van der Waals surface area contributed by atoms with Crippen molar-refractivity contribution >= 4 is 17.3 Å². The average Bonchev–Trinajstić information content (AvgIpc) is 2.08. The molecule has 1 aromatic carbocycles. The molecular formula is C8H9ClN2O2. The van der Waals surface area contributed by atoms with Gasteiger partial charge in [0, 0.05) is 6.07 Å². The highest BCUT2D eigenvalue weighted by Gasteiger charge is 2.14. The highest BCUT2D eigenvalue weighted by Crippen LogP contribution is 2.27. The predicted octanol–water partition coefficient (Wildman–Crippen LogP) is 1.75. The van der Waals surface area contributed by atoms with Gasteiger partial charge in [0.25, 0.3) is 5.69 Å². The van der Waals surface area contributed by atoms with Crippen molar-refractivity contribution in [1.29, 1.82) is 0 Å². The van der Waals surface area contributed by atoms with Crippen LogP contribution in [0.5, 0.6) is 0 Å². The third kappa shape index (κ3) is 2.17. The van der Waals surface area contributed by atoms with Crippen LogP contribution < -0.4 is 5.73 Å². The Morgan fingerprint density at radius 1 is 1.54 bits per heavy atom. The van der Waals surface area contributed by atoms with Crippen molar-refractivity contribution in [1.82, 2.24) is 0 Å². The summed E-state index contributed by atoms with van der Waals surface area (Å²) in [5, 5.41) is 10.7. The fourth-order valence-electron chi connectivity index (χ4n) is 1.06. The molecule has 13 heavy (non-hydrogen) atoms. The van der Waals surface area contributed by atoms with E-state index in [0.717, 1.165) is 5.56 Å². The van der Waals surface area contributed by atoms with E-state index in [1.54, 1.807) is 12.1 Å². The second kappa shape index (κ2) is 4.20. The van der Waals surface area contributed by atoms with Crippen LogP contribution in [-0.4, -0.2) is 11.5 Å². The van der Waals surface area contributed by atoms with Gasteiger partial charge in [0.1, 0.15) is 5.02 Å². The summed E-state index contributed by atoms with van der Waals surface area (Å²) in [5.41, 5.74) is 5.99. The van der Waals surface area contributed by atoms with E-state index in [0.29, 0.717) is 13.0 Å². The minimum Gasteiger partial charge on any atom is -0.330 e. The summed E-state index contributed by atoms with van der Waals surface area (Å²) in [7, 11) is 0. The summed E-state index contributed by atoms with van der Waals surface area (Å²) in [6.07, 6.45) is 0.556. The smallest absolute Gasteiger partial charge is 0.288 e. The van der Waals surface area contributed by atoms with Crippen LogP contribution in [0, 0.1) is 10.1 Å². The molecule has 0 fully saturated rings. The molecule has 0 aromatic heterocycles. The summed E-state index contributed by atoms with van der Waals surface area (Å²) in [4.78, 5) is 9.97. The average molecular weight is 201 g/mol. The van der Waals surface area contributed by atoms with Crippen LogP contribution in [0.25, 0.3) is 0 Å². The number of rotatable bonds is 3. The van der Waals surface area contributed by atoms with E-state index in [1.807, 2.05) is 0 Å². The van der Waals surface area contributed by atoms with Crippen LogP contribution in [0.3, 0.4) is 0 Å². The molecular weight excluding hydrogens is 192 g/mol. The van der Waals surface area contributed by atoms with Crippen molar-refractivity contribution in [3.05, 3.63) is 38.9 Å². The number of benzene rings is 1. The number of nitrogens with zero attached hydrogens (tertiary/aromatic N) is 1. The molecule has 0 aliphatic rings. The monoisotopic (exact) mass is 200 g/mol. The molecule has 0 saturated carbocycles. The zero-order valence-corrected chi connectivity index (χ0v) is 7.62. The van der Waals surface area contributed by atoms with Crippen molar-refractivity contribution in [2.75, 3.05) is 6.54 Å². The van der Waals surface area contributed by atoms with Crippen LogP contribution in [-0.2, 0) is 6.42 Å². The van der Waals surface area contributed by atoms with Crippen LogP contribution >= 0.6 is 11.6 Å². The lowest BCUT2D eigenvalue weighted by atomic mass is 10.1. The molecule has 1 aromatic rings. The highest BCUT2D eigenvalue weighted by atomic mass is 35.5. The lowest BCUT2D eigenvalue weighted by Gasteiger charge is -2.01. The van der Waals surface area contributed by atoms with Gasteiger partial charge < -0.3 is 5.73 Å². The standard InChI is InChI=1S/C8H9ClN2O2/c9-8-6(4-5-10)2-1-3-7(8)11(12)13/h1-3H,4-5,10H2. The van der Waals surface area contributed by atoms with Crippen molar-refractivity contribution in [3.63, 3.8) is 0 Å². The van der Waals surface area contributed by atoms with E-state index in [2.05, 4.69) is 0 Å². The summed E-state index contributed by atoms with van der Waals surface area (Å²) < 4.78 is 0. The zero-order chi connectivity index (χ0) is 9.84. The van der Waals surface area contributed by atoms with E-state index in [-0.39, 0.29) is 10.7 Å². The third-order valence-electron chi connectivity index (χ3n) is 1.67. The maximum absolute atomic E-state index is 10.5. The zero-order valence-electron chi connectivity index (χ0n) is 6.87. The first-order valence-electron chi connectivity index (χ1n) is 3.78. The van der Waals surface area contributed by atoms with Gasteiger partial charge in [0.2, 0.25) is 0 Å². The molecule has 70 valence electrons. The first-order valence-corrected chi connectivity index (χ1v) is 4.16. The van der Waals surface area contributed by atoms with Gasteiger partial charge in [-0.05, 0) is 18.5 Å². The largest absolute Gasteiger partial charge is 0.330 e. The van der Waals surface area contributed by atoms with Crippen LogP contribution in [0.1, 0.15) is 5.56 Å². The van der Waals surface area contributed by atoms with Crippen molar-refractivity contribution in [2.45, 2.75) is 6.42 Å². The van der Waals surface area contributed by atoms with Gasteiger partial charge in [-0.3, -0.25) is 10.1 Å². The van der Waals surface area contributed by atoms with E-state index in [4.69, 9.17) is 17.3 Å². The topological polar surface area (TPSA) is 69.2 Å². The fourth-order valence-corrected chi connectivity index (χ4v) is 1.35. The van der Waals surface area contributed by atoms with Gasteiger partial charge in [-0.1, -0.05) is 23.7 Å². The second-order valence-corrected chi connectivity index (χ2v) is 2.92. The number of hydrogen-bond acceptors (Lipinski definition) is 3. The Balaban J connectivity index is 3.10. The molecule has 0 unspecified atom stereocenters. The fraction of sp³-hybridized carbons (Fsp3) is 0.250. The lowest BCUT2D eigenvalue weighted by molar-refractivity contribution is -0.384. The number of nitrogens with two attached hydrogens (primary N) is 1. The molecule has 0 amide bonds. The van der Waals surface area contributed by atoms with E-state index in [9.17, 15) is 10.1 Å². The minimum atomic E-state index is -0.498. The summed E-state index contributed by atoms with van der Waals surface area (Å²) in [5.74, 6) is 0. The number of hydrogen-bond donors (Lipinski definition) is 1. The van der Waals surface area contributed by atoms with Crippen LogP contribution in [0.4, 0.5) is 5.69 Å². The summed E-state index contributed by atoms with van der Waals surface area (Å²) in [6.45, 7) is 0.431. The van der Waals surface area contributed by atoms with E-state index < -0.39 is 4.92 Å². The molecule has 0 heterocycles. The molecule has 2 N–H and O–H groups in total. The maximum atomic E-state index is 10.5.